The molecule has 1 aliphatic heterocycles. The van der Waals surface area contributed by atoms with Gasteiger partial charge in [0.2, 0.25) is 0 Å². The monoisotopic (exact) mass is 365 g/mol. The summed E-state index contributed by atoms with van der Waals surface area (Å²) in [4.78, 5) is 13.9. The maximum absolute atomic E-state index is 14.0. The average molecular weight is 365 g/mol. The first kappa shape index (κ1) is 18.4. The van der Waals surface area contributed by atoms with Gasteiger partial charge >= 0.3 is 6.18 Å². The minimum Gasteiger partial charge on any atom is -0.339 e. The second-order valence-electron chi connectivity index (χ2n) is 6.59. The Morgan fingerprint density at radius 2 is 1.65 bits per heavy atom. The number of carbonyl (C=O) groups is 1. The van der Waals surface area contributed by atoms with E-state index < -0.39 is 29.0 Å². The molecule has 2 nitrogen and oxygen atoms in total. The van der Waals surface area contributed by atoms with Crippen LogP contribution >= 0.6 is 0 Å². The third-order valence-electron chi connectivity index (χ3n) is 4.80. The maximum Gasteiger partial charge on any atom is 0.417 e. The lowest BCUT2D eigenvalue weighted by Crippen LogP contribution is -2.40. The molecular weight excluding hydrogens is 346 g/mol. The molecule has 0 atom stereocenters. The fraction of sp³-hybridized carbons (Fsp3) is 0.350. The zero-order valence-corrected chi connectivity index (χ0v) is 14.1. The molecule has 0 aliphatic carbocycles. The van der Waals surface area contributed by atoms with E-state index in [0.29, 0.717) is 31.8 Å². The van der Waals surface area contributed by atoms with Gasteiger partial charge in [-0.2, -0.15) is 13.2 Å². The number of hydrogen-bond acceptors (Lipinski definition) is 1. The van der Waals surface area contributed by atoms with Crippen molar-refractivity contribution in [2.75, 3.05) is 13.1 Å². The predicted octanol–water partition coefficient (Wildman–Crippen LogP) is 4.94. The Balaban J connectivity index is 1.70. The van der Waals surface area contributed by atoms with Crippen LogP contribution in [0.1, 0.15) is 34.3 Å². The van der Waals surface area contributed by atoms with E-state index in [0.717, 1.165) is 24.6 Å². The molecule has 138 valence electrons. The molecule has 2 aromatic carbocycles. The van der Waals surface area contributed by atoms with Gasteiger partial charge in [-0.25, -0.2) is 4.39 Å². The molecule has 0 bridgehead atoms. The molecule has 26 heavy (non-hydrogen) atoms. The topological polar surface area (TPSA) is 20.3 Å². The Labute approximate surface area is 149 Å². The molecule has 6 heteroatoms. The Hall–Kier alpha value is -2.37. The number of hydrogen-bond donors (Lipinski definition) is 0. The largest absolute Gasteiger partial charge is 0.417 e. The van der Waals surface area contributed by atoms with E-state index in [4.69, 9.17) is 0 Å². The summed E-state index contributed by atoms with van der Waals surface area (Å²) in [6.07, 6.45) is -2.51. The number of rotatable bonds is 3. The molecule has 0 N–H and O–H groups in total. The van der Waals surface area contributed by atoms with Crippen LogP contribution in [0.15, 0.2) is 48.5 Å². The zero-order chi connectivity index (χ0) is 18.7. The SMILES string of the molecule is O=C(c1c(F)cccc1C(F)(F)F)N1CCC(Cc2ccccc2)CC1. The number of nitrogens with zero attached hydrogens (tertiary/aromatic N) is 1. The summed E-state index contributed by atoms with van der Waals surface area (Å²) in [6, 6.07) is 12.6. The number of alkyl halides is 3. The van der Waals surface area contributed by atoms with Crippen LogP contribution in [0.5, 0.6) is 0 Å². The third-order valence-corrected chi connectivity index (χ3v) is 4.80. The normalized spacial score (nSPS) is 15.9. The van der Waals surface area contributed by atoms with Crippen molar-refractivity contribution in [1.82, 2.24) is 4.90 Å². The van der Waals surface area contributed by atoms with E-state index in [9.17, 15) is 22.4 Å². The zero-order valence-electron chi connectivity index (χ0n) is 14.1. The number of halogens is 4. The first-order chi connectivity index (χ1) is 12.4. The molecule has 0 spiro atoms. The van der Waals surface area contributed by atoms with Crippen LogP contribution in [0.3, 0.4) is 0 Å². The van der Waals surface area contributed by atoms with Crippen molar-refractivity contribution in [3.63, 3.8) is 0 Å². The molecule has 3 rings (SSSR count). The minimum atomic E-state index is -4.77. The van der Waals surface area contributed by atoms with Gasteiger partial charge in [0.05, 0.1) is 11.1 Å². The fourth-order valence-electron chi connectivity index (χ4n) is 3.42. The number of amides is 1. The lowest BCUT2D eigenvalue weighted by Gasteiger charge is -2.32. The minimum absolute atomic E-state index is 0.335. The second kappa shape index (κ2) is 7.48. The maximum atomic E-state index is 14.0. The summed E-state index contributed by atoms with van der Waals surface area (Å²) in [7, 11) is 0. The first-order valence-electron chi connectivity index (χ1n) is 8.55. The van der Waals surface area contributed by atoms with Crippen LogP contribution in [-0.4, -0.2) is 23.9 Å². The molecule has 0 unspecified atom stereocenters. The molecule has 1 amide bonds. The highest BCUT2D eigenvalue weighted by molar-refractivity contribution is 5.96. The van der Waals surface area contributed by atoms with E-state index in [1.165, 1.54) is 10.5 Å². The van der Waals surface area contributed by atoms with Crippen LogP contribution in [0, 0.1) is 11.7 Å². The van der Waals surface area contributed by atoms with Crippen molar-refractivity contribution in [1.29, 1.82) is 0 Å². The lowest BCUT2D eigenvalue weighted by molar-refractivity contribution is -0.138. The van der Waals surface area contributed by atoms with Crippen LogP contribution < -0.4 is 0 Å². The van der Waals surface area contributed by atoms with Gasteiger partial charge in [0.25, 0.3) is 5.91 Å². The van der Waals surface area contributed by atoms with Gasteiger partial charge in [-0.3, -0.25) is 4.79 Å². The van der Waals surface area contributed by atoms with Crippen molar-refractivity contribution >= 4 is 5.91 Å². The Bertz CT molecular complexity index is 765. The Morgan fingerprint density at radius 3 is 2.27 bits per heavy atom. The molecule has 1 fully saturated rings. The fourth-order valence-corrected chi connectivity index (χ4v) is 3.42. The van der Waals surface area contributed by atoms with Gasteiger partial charge in [-0.15, -0.1) is 0 Å². The molecule has 0 saturated carbocycles. The molecule has 0 radical (unpaired) electrons. The highest BCUT2D eigenvalue weighted by Gasteiger charge is 2.38. The van der Waals surface area contributed by atoms with Crippen molar-refractivity contribution in [2.24, 2.45) is 5.92 Å². The van der Waals surface area contributed by atoms with E-state index >= 15 is 0 Å². The molecule has 0 aromatic heterocycles. The van der Waals surface area contributed by atoms with Gasteiger partial charge in [0.15, 0.2) is 0 Å². The van der Waals surface area contributed by atoms with Crippen LogP contribution in [0.2, 0.25) is 0 Å². The smallest absolute Gasteiger partial charge is 0.339 e. The molecule has 1 saturated heterocycles. The third kappa shape index (κ3) is 4.06. The van der Waals surface area contributed by atoms with Gasteiger partial charge in [-0.05, 0) is 42.9 Å². The first-order valence-corrected chi connectivity index (χ1v) is 8.55. The standard InChI is InChI=1S/C20H19F4NO/c21-17-8-4-7-16(20(22,23)24)18(17)19(26)25-11-9-15(10-12-25)13-14-5-2-1-3-6-14/h1-8,15H,9-13H2. The lowest BCUT2D eigenvalue weighted by atomic mass is 9.90. The Morgan fingerprint density at radius 1 is 1.00 bits per heavy atom. The highest BCUT2D eigenvalue weighted by Crippen LogP contribution is 2.34. The summed E-state index contributed by atoms with van der Waals surface area (Å²) < 4.78 is 53.4. The number of carbonyl (C=O) groups excluding carboxylic acids is 1. The summed E-state index contributed by atoms with van der Waals surface area (Å²) >= 11 is 0. The summed E-state index contributed by atoms with van der Waals surface area (Å²) in [5.74, 6) is -1.64. The quantitative estimate of drug-likeness (QED) is 0.706. The van der Waals surface area contributed by atoms with Gasteiger partial charge in [0, 0.05) is 13.1 Å². The Kier molecular flexibility index (Phi) is 5.30. The second-order valence-corrected chi connectivity index (χ2v) is 6.59. The predicted molar refractivity (Wildman–Crippen MR) is 90.2 cm³/mol. The van der Waals surface area contributed by atoms with Crippen molar-refractivity contribution in [3.8, 4) is 0 Å². The average Bonchev–Trinajstić information content (AvgIpc) is 2.62. The summed E-state index contributed by atoms with van der Waals surface area (Å²) in [6.45, 7) is 0.671. The molecule has 1 heterocycles. The van der Waals surface area contributed by atoms with Gasteiger partial charge in [0.1, 0.15) is 5.82 Å². The van der Waals surface area contributed by atoms with Crippen molar-refractivity contribution in [3.05, 3.63) is 71.0 Å². The number of piperidine rings is 1. The van der Waals surface area contributed by atoms with E-state index in [1.54, 1.807) is 0 Å². The van der Waals surface area contributed by atoms with E-state index in [2.05, 4.69) is 0 Å². The van der Waals surface area contributed by atoms with E-state index in [-0.39, 0.29) is 0 Å². The number of benzene rings is 2. The van der Waals surface area contributed by atoms with Crippen molar-refractivity contribution < 1.29 is 22.4 Å². The van der Waals surface area contributed by atoms with Crippen LogP contribution in [0.4, 0.5) is 17.6 Å². The van der Waals surface area contributed by atoms with E-state index in [1.807, 2.05) is 30.3 Å². The van der Waals surface area contributed by atoms with Crippen LogP contribution in [-0.2, 0) is 12.6 Å². The molecular formula is C20H19F4NO. The highest BCUT2D eigenvalue weighted by atomic mass is 19.4. The molecule has 1 aliphatic rings. The molecule has 2 aromatic rings. The number of likely N-dealkylation sites (tertiary alicyclic amines) is 1. The van der Waals surface area contributed by atoms with Crippen molar-refractivity contribution in [2.45, 2.75) is 25.4 Å². The summed E-state index contributed by atoms with van der Waals surface area (Å²) in [5, 5.41) is 0. The van der Waals surface area contributed by atoms with Gasteiger partial charge in [-0.1, -0.05) is 36.4 Å². The van der Waals surface area contributed by atoms with Gasteiger partial charge < -0.3 is 4.90 Å². The summed E-state index contributed by atoms with van der Waals surface area (Å²) in [5.41, 5.74) is -0.888. The van der Waals surface area contributed by atoms with Crippen LogP contribution in [0.25, 0.3) is 0 Å².